The van der Waals surface area contributed by atoms with Gasteiger partial charge in [0.15, 0.2) is 0 Å². The Morgan fingerprint density at radius 2 is 1.93 bits per heavy atom. The molecule has 0 unspecified atom stereocenters. The van der Waals surface area contributed by atoms with Crippen LogP contribution in [-0.4, -0.2) is 50.1 Å². The van der Waals surface area contributed by atoms with Crippen LogP contribution in [0.15, 0.2) is 29.3 Å². The van der Waals surface area contributed by atoms with E-state index in [4.69, 9.17) is 5.73 Å². The van der Waals surface area contributed by atoms with Gasteiger partial charge in [0.05, 0.1) is 5.69 Å². The molecule has 142 valence electrons. The second kappa shape index (κ2) is 6.95. The van der Waals surface area contributed by atoms with Crippen LogP contribution < -0.4 is 11.3 Å². The lowest BCUT2D eigenvalue weighted by molar-refractivity contribution is 0.0775. The zero-order valence-corrected chi connectivity index (χ0v) is 16.2. The molecule has 2 fully saturated rings. The van der Waals surface area contributed by atoms with Crippen molar-refractivity contribution < 1.29 is 0 Å². The molecule has 2 aromatic heterocycles. The number of nitrogen functional groups attached to an aromatic ring is 1. The molecule has 2 atom stereocenters. The summed E-state index contributed by atoms with van der Waals surface area (Å²) in [6, 6.07) is 6.32. The maximum Gasteiger partial charge on any atom is 0.251 e. The summed E-state index contributed by atoms with van der Waals surface area (Å²) in [5.74, 6) is 4.01. The van der Waals surface area contributed by atoms with Gasteiger partial charge in [0, 0.05) is 55.0 Å². The third-order valence-corrected chi connectivity index (χ3v) is 7.32. The summed E-state index contributed by atoms with van der Waals surface area (Å²) in [6.07, 6.45) is 5.25. The lowest BCUT2D eigenvalue weighted by atomic mass is 9.81. The number of aromatic nitrogens is 3. The van der Waals surface area contributed by atoms with E-state index in [2.05, 4.69) is 32.7 Å². The van der Waals surface area contributed by atoms with Crippen LogP contribution in [0.5, 0.6) is 0 Å². The second-order valence-corrected chi connectivity index (χ2v) is 9.27. The Morgan fingerprint density at radius 3 is 2.74 bits per heavy atom. The minimum atomic E-state index is 0.0805. The molecule has 6 nitrogen and oxygen atoms in total. The van der Waals surface area contributed by atoms with Gasteiger partial charge in [-0.25, -0.2) is 9.97 Å². The van der Waals surface area contributed by atoms with Gasteiger partial charge >= 0.3 is 0 Å². The average molecular weight is 384 g/mol. The molecule has 2 saturated heterocycles. The van der Waals surface area contributed by atoms with Crippen molar-refractivity contribution in [1.82, 2.24) is 19.4 Å². The number of likely N-dealkylation sites (tertiary alicyclic amines) is 1. The van der Waals surface area contributed by atoms with E-state index >= 15 is 0 Å². The van der Waals surface area contributed by atoms with Crippen LogP contribution in [0.25, 0.3) is 11.3 Å². The topological polar surface area (TPSA) is 77.0 Å². The lowest BCUT2D eigenvalue weighted by Gasteiger charge is -2.46. The Balaban J connectivity index is 1.49. The number of hydrogen-bond acceptors (Lipinski definition) is 6. The van der Waals surface area contributed by atoms with Crippen molar-refractivity contribution in [1.29, 1.82) is 0 Å². The summed E-state index contributed by atoms with van der Waals surface area (Å²) in [5, 5.41) is 0. The van der Waals surface area contributed by atoms with Gasteiger partial charge in [-0.1, -0.05) is 0 Å². The van der Waals surface area contributed by atoms with E-state index in [1.807, 2.05) is 4.57 Å². The fourth-order valence-corrected chi connectivity index (χ4v) is 6.10. The number of pyridine rings is 1. The first-order chi connectivity index (χ1) is 13.2. The van der Waals surface area contributed by atoms with Crippen molar-refractivity contribution in [3.63, 3.8) is 0 Å². The summed E-state index contributed by atoms with van der Waals surface area (Å²) in [7, 11) is 0. The molecule has 2 bridgehead atoms. The van der Waals surface area contributed by atoms with Crippen LogP contribution in [0, 0.1) is 5.92 Å². The van der Waals surface area contributed by atoms with E-state index in [0.29, 0.717) is 17.7 Å². The molecule has 0 amide bonds. The standard InChI is InChI=1S/C20H25N5OS/c21-19-8-17(22-12-23-19)14-6-18-15-5-13(10-25(18)20(26)7-14)9-24(11-15)16-1-3-27-4-2-16/h6-8,12-13,15-16H,1-5,9-11H2,(H2,21,22,23)/t13-,15+/m0/s1. The number of thioether (sulfide) groups is 1. The second-order valence-electron chi connectivity index (χ2n) is 8.04. The van der Waals surface area contributed by atoms with E-state index < -0.39 is 0 Å². The SMILES string of the molecule is Nc1cc(-c2cc3n(c(=O)c2)C[C@H]2C[C@@H]3CN(C3CCSCC3)C2)ncn1. The van der Waals surface area contributed by atoms with Crippen LogP contribution in [0.2, 0.25) is 0 Å². The molecular weight excluding hydrogens is 358 g/mol. The summed E-state index contributed by atoms with van der Waals surface area (Å²) < 4.78 is 2.00. The number of hydrogen-bond donors (Lipinski definition) is 1. The van der Waals surface area contributed by atoms with Gasteiger partial charge < -0.3 is 10.3 Å². The molecule has 5 rings (SSSR count). The number of nitrogens with two attached hydrogens (primary N) is 1. The molecular formula is C20H25N5OS. The summed E-state index contributed by atoms with van der Waals surface area (Å²) >= 11 is 2.08. The molecule has 0 aliphatic carbocycles. The van der Waals surface area contributed by atoms with Crippen LogP contribution >= 0.6 is 11.8 Å². The maximum atomic E-state index is 12.8. The number of rotatable bonds is 2. The Morgan fingerprint density at radius 1 is 1.07 bits per heavy atom. The van der Waals surface area contributed by atoms with Gasteiger partial charge in [0.1, 0.15) is 12.1 Å². The van der Waals surface area contributed by atoms with E-state index in [1.165, 1.54) is 42.8 Å². The molecule has 27 heavy (non-hydrogen) atoms. The van der Waals surface area contributed by atoms with Crippen molar-refractivity contribution in [3.05, 3.63) is 40.6 Å². The predicted molar refractivity (Wildman–Crippen MR) is 109 cm³/mol. The minimum Gasteiger partial charge on any atom is -0.384 e. The van der Waals surface area contributed by atoms with E-state index in [9.17, 15) is 4.79 Å². The van der Waals surface area contributed by atoms with Crippen molar-refractivity contribution in [2.24, 2.45) is 5.92 Å². The number of anilines is 1. The smallest absolute Gasteiger partial charge is 0.251 e. The fourth-order valence-electron chi connectivity index (χ4n) is 5.02. The highest BCUT2D eigenvalue weighted by molar-refractivity contribution is 7.99. The first-order valence-corrected chi connectivity index (χ1v) is 11.0. The van der Waals surface area contributed by atoms with Gasteiger partial charge in [0.25, 0.3) is 5.56 Å². The molecule has 3 aliphatic rings. The fraction of sp³-hybridized carbons (Fsp3) is 0.550. The quantitative estimate of drug-likeness (QED) is 0.857. The van der Waals surface area contributed by atoms with Gasteiger partial charge in [-0.15, -0.1) is 0 Å². The van der Waals surface area contributed by atoms with E-state index in [0.717, 1.165) is 36.9 Å². The zero-order valence-electron chi connectivity index (χ0n) is 15.4. The van der Waals surface area contributed by atoms with E-state index in [-0.39, 0.29) is 5.56 Å². The largest absolute Gasteiger partial charge is 0.384 e. The Bertz CT molecular complexity index is 907. The highest BCUT2D eigenvalue weighted by Gasteiger charge is 2.37. The van der Waals surface area contributed by atoms with Crippen LogP contribution in [-0.2, 0) is 6.54 Å². The highest BCUT2D eigenvalue weighted by atomic mass is 32.2. The normalized spacial score (nSPS) is 25.9. The molecule has 0 aromatic carbocycles. The highest BCUT2D eigenvalue weighted by Crippen LogP contribution is 2.38. The molecule has 2 N–H and O–H groups in total. The summed E-state index contributed by atoms with van der Waals surface area (Å²) in [6.45, 7) is 3.05. The molecule has 0 spiro atoms. The van der Waals surface area contributed by atoms with Crippen LogP contribution in [0.4, 0.5) is 5.82 Å². The summed E-state index contributed by atoms with van der Waals surface area (Å²) in [5.41, 5.74) is 8.63. The van der Waals surface area contributed by atoms with Crippen molar-refractivity contribution in [2.45, 2.75) is 37.8 Å². The average Bonchev–Trinajstić information content (AvgIpc) is 2.69. The molecule has 7 heteroatoms. The Hall–Kier alpha value is -1.86. The molecule has 5 heterocycles. The third-order valence-electron chi connectivity index (χ3n) is 6.28. The first-order valence-electron chi connectivity index (χ1n) is 9.82. The number of piperidine rings is 1. The molecule has 3 aliphatic heterocycles. The van der Waals surface area contributed by atoms with Gasteiger partial charge in [-0.3, -0.25) is 9.69 Å². The van der Waals surface area contributed by atoms with Gasteiger partial charge in [0.2, 0.25) is 0 Å². The van der Waals surface area contributed by atoms with Crippen molar-refractivity contribution >= 4 is 17.6 Å². The summed E-state index contributed by atoms with van der Waals surface area (Å²) in [4.78, 5) is 23.8. The molecule has 0 radical (unpaired) electrons. The Kier molecular flexibility index (Phi) is 4.44. The van der Waals surface area contributed by atoms with Gasteiger partial charge in [-0.05, 0) is 42.8 Å². The van der Waals surface area contributed by atoms with Crippen molar-refractivity contribution in [2.75, 3.05) is 30.3 Å². The van der Waals surface area contributed by atoms with E-state index in [1.54, 1.807) is 12.1 Å². The lowest BCUT2D eigenvalue weighted by Crippen LogP contribution is -2.51. The van der Waals surface area contributed by atoms with Crippen molar-refractivity contribution in [3.8, 4) is 11.3 Å². The monoisotopic (exact) mass is 383 g/mol. The van der Waals surface area contributed by atoms with Crippen LogP contribution in [0.1, 0.15) is 30.9 Å². The van der Waals surface area contributed by atoms with Gasteiger partial charge in [-0.2, -0.15) is 11.8 Å². The predicted octanol–water partition coefficient (Wildman–Crippen LogP) is 2.20. The number of nitrogens with zero attached hydrogens (tertiary/aromatic N) is 4. The maximum absolute atomic E-state index is 12.8. The third kappa shape index (κ3) is 3.27. The molecule has 0 saturated carbocycles. The Labute approximate surface area is 163 Å². The molecule has 2 aromatic rings. The first kappa shape index (κ1) is 17.3. The zero-order chi connectivity index (χ0) is 18.4. The van der Waals surface area contributed by atoms with Crippen LogP contribution in [0.3, 0.4) is 0 Å². The minimum absolute atomic E-state index is 0.0805. The number of fused-ring (bicyclic) bond motifs is 4.